The number of anilines is 1. The Kier molecular flexibility index (Phi) is 4.26. The fourth-order valence-corrected chi connectivity index (χ4v) is 4.09. The summed E-state index contributed by atoms with van der Waals surface area (Å²) in [6.07, 6.45) is 7.69. The molecule has 1 atom stereocenters. The molecule has 1 unspecified atom stereocenters. The van der Waals surface area contributed by atoms with Crippen LogP contribution >= 0.6 is 0 Å². The van der Waals surface area contributed by atoms with Crippen LogP contribution in [0.25, 0.3) is 0 Å². The monoisotopic (exact) mass is 286 g/mol. The van der Waals surface area contributed by atoms with Gasteiger partial charge in [-0.1, -0.05) is 26.0 Å². The molecular weight excluding hydrogens is 256 g/mol. The molecule has 21 heavy (non-hydrogen) atoms. The van der Waals surface area contributed by atoms with Crippen molar-refractivity contribution in [2.75, 3.05) is 18.0 Å². The summed E-state index contributed by atoms with van der Waals surface area (Å²) in [5.41, 5.74) is 5.05. The smallest absolute Gasteiger partial charge is 0.0405 e. The van der Waals surface area contributed by atoms with Gasteiger partial charge in [-0.15, -0.1) is 0 Å². The van der Waals surface area contributed by atoms with E-state index in [4.69, 9.17) is 0 Å². The molecule has 1 aromatic rings. The molecule has 1 N–H and O–H groups in total. The molecule has 3 rings (SSSR count). The predicted molar refractivity (Wildman–Crippen MR) is 91.2 cm³/mol. The normalized spacial score (nSPS) is 24.7. The molecule has 2 nitrogen and oxygen atoms in total. The van der Waals surface area contributed by atoms with Crippen molar-refractivity contribution in [2.24, 2.45) is 0 Å². The van der Waals surface area contributed by atoms with Crippen LogP contribution in [0.5, 0.6) is 0 Å². The molecule has 1 fully saturated rings. The zero-order valence-corrected chi connectivity index (χ0v) is 13.9. The standard InChI is InChI=1S/C19H30N2/c1-4-19(5-2)14-21(15(3)13-20-19)18-12-8-10-16-9-6-7-11-17(16)18/h8,10,12,15,20H,4-7,9,11,13-14H2,1-3H3. The lowest BCUT2D eigenvalue weighted by molar-refractivity contribution is 0.253. The number of piperazine rings is 1. The van der Waals surface area contributed by atoms with Crippen LogP contribution in [0.3, 0.4) is 0 Å². The minimum Gasteiger partial charge on any atom is -0.365 e. The second kappa shape index (κ2) is 6.00. The predicted octanol–water partition coefficient (Wildman–Crippen LogP) is 3.92. The zero-order chi connectivity index (χ0) is 14.9. The highest BCUT2D eigenvalue weighted by molar-refractivity contribution is 5.59. The molecule has 0 saturated carbocycles. The third-order valence-corrected chi connectivity index (χ3v) is 5.81. The van der Waals surface area contributed by atoms with Gasteiger partial charge in [-0.3, -0.25) is 0 Å². The lowest BCUT2D eigenvalue weighted by Gasteiger charge is -2.48. The van der Waals surface area contributed by atoms with E-state index in [1.807, 2.05) is 0 Å². The Hall–Kier alpha value is -1.02. The Balaban J connectivity index is 1.94. The van der Waals surface area contributed by atoms with Crippen LogP contribution in [0.2, 0.25) is 0 Å². The number of nitrogens with one attached hydrogen (secondary N) is 1. The Labute approximate surface area is 129 Å². The molecule has 0 aromatic heterocycles. The Morgan fingerprint density at radius 3 is 2.71 bits per heavy atom. The average Bonchev–Trinajstić information content (AvgIpc) is 2.55. The van der Waals surface area contributed by atoms with E-state index in [1.54, 1.807) is 11.1 Å². The minimum atomic E-state index is 0.296. The number of hydrogen-bond acceptors (Lipinski definition) is 2. The average molecular weight is 286 g/mol. The van der Waals surface area contributed by atoms with Gasteiger partial charge in [0, 0.05) is 30.4 Å². The van der Waals surface area contributed by atoms with Crippen molar-refractivity contribution in [1.82, 2.24) is 5.32 Å². The fraction of sp³-hybridized carbons (Fsp3) is 0.684. The summed E-state index contributed by atoms with van der Waals surface area (Å²) in [5, 5.41) is 3.82. The zero-order valence-electron chi connectivity index (χ0n) is 13.9. The van der Waals surface area contributed by atoms with Gasteiger partial charge < -0.3 is 10.2 Å². The van der Waals surface area contributed by atoms with E-state index in [0.717, 1.165) is 13.1 Å². The molecule has 0 spiro atoms. The maximum Gasteiger partial charge on any atom is 0.0405 e. The van der Waals surface area contributed by atoms with Crippen molar-refractivity contribution in [2.45, 2.75) is 70.9 Å². The molecule has 2 aliphatic rings. The van der Waals surface area contributed by atoms with Gasteiger partial charge in [-0.05, 0) is 62.6 Å². The molecule has 0 bridgehead atoms. The van der Waals surface area contributed by atoms with Gasteiger partial charge >= 0.3 is 0 Å². The van der Waals surface area contributed by atoms with Crippen molar-refractivity contribution in [3.63, 3.8) is 0 Å². The summed E-state index contributed by atoms with van der Waals surface area (Å²) in [5.74, 6) is 0. The largest absolute Gasteiger partial charge is 0.365 e. The second-order valence-electron chi connectivity index (χ2n) is 6.97. The molecule has 1 heterocycles. The number of rotatable bonds is 3. The molecule has 1 aromatic carbocycles. The molecule has 2 heteroatoms. The van der Waals surface area contributed by atoms with Crippen LogP contribution in [0.4, 0.5) is 5.69 Å². The quantitative estimate of drug-likeness (QED) is 0.906. The lowest BCUT2D eigenvalue weighted by Crippen LogP contribution is -2.63. The first-order valence-electron chi connectivity index (χ1n) is 8.81. The van der Waals surface area contributed by atoms with Crippen LogP contribution in [0, 0.1) is 0 Å². The van der Waals surface area contributed by atoms with Gasteiger partial charge in [0.05, 0.1) is 0 Å². The highest BCUT2D eigenvalue weighted by Crippen LogP contribution is 2.34. The number of fused-ring (bicyclic) bond motifs is 1. The minimum absolute atomic E-state index is 0.296. The van der Waals surface area contributed by atoms with E-state index in [1.165, 1.54) is 44.2 Å². The van der Waals surface area contributed by atoms with Crippen molar-refractivity contribution in [3.8, 4) is 0 Å². The lowest BCUT2D eigenvalue weighted by atomic mass is 9.86. The van der Waals surface area contributed by atoms with Crippen LogP contribution in [-0.4, -0.2) is 24.7 Å². The number of hydrogen-bond donors (Lipinski definition) is 1. The van der Waals surface area contributed by atoms with Gasteiger partial charge in [0.25, 0.3) is 0 Å². The topological polar surface area (TPSA) is 15.3 Å². The van der Waals surface area contributed by atoms with Gasteiger partial charge in [-0.2, -0.15) is 0 Å². The molecule has 1 aliphatic carbocycles. The molecule has 0 radical (unpaired) electrons. The van der Waals surface area contributed by atoms with Crippen LogP contribution < -0.4 is 10.2 Å². The van der Waals surface area contributed by atoms with Crippen molar-refractivity contribution >= 4 is 5.69 Å². The van der Waals surface area contributed by atoms with Crippen molar-refractivity contribution in [1.29, 1.82) is 0 Å². The number of benzene rings is 1. The number of aryl methyl sites for hydroxylation is 1. The van der Waals surface area contributed by atoms with Crippen LogP contribution in [0.15, 0.2) is 18.2 Å². The van der Waals surface area contributed by atoms with E-state index >= 15 is 0 Å². The fourth-order valence-electron chi connectivity index (χ4n) is 4.09. The first-order valence-corrected chi connectivity index (χ1v) is 8.81. The first kappa shape index (κ1) is 14.9. The van der Waals surface area contributed by atoms with E-state index in [-0.39, 0.29) is 0 Å². The Morgan fingerprint density at radius 2 is 1.95 bits per heavy atom. The van der Waals surface area contributed by atoms with Gasteiger partial charge in [-0.25, -0.2) is 0 Å². The van der Waals surface area contributed by atoms with E-state index in [0.29, 0.717) is 11.6 Å². The maximum absolute atomic E-state index is 3.82. The highest BCUT2D eigenvalue weighted by Gasteiger charge is 2.36. The Bertz CT molecular complexity index is 490. The first-order chi connectivity index (χ1) is 10.2. The summed E-state index contributed by atoms with van der Waals surface area (Å²) in [6, 6.07) is 7.57. The van der Waals surface area contributed by atoms with E-state index in [2.05, 4.69) is 49.2 Å². The maximum atomic E-state index is 3.82. The Morgan fingerprint density at radius 1 is 1.19 bits per heavy atom. The SMILES string of the molecule is CCC1(CC)CN(c2cccc3c2CCCC3)C(C)CN1. The summed E-state index contributed by atoms with van der Waals surface area (Å²) in [6.45, 7) is 9.27. The summed E-state index contributed by atoms with van der Waals surface area (Å²) >= 11 is 0. The van der Waals surface area contributed by atoms with Gasteiger partial charge in [0.15, 0.2) is 0 Å². The van der Waals surface area contributed by atoms with Crippen LogP contribution in [0.1, 0.15) is 57.6 Å². The third-order valence-electron chi connectivity index (χ3n) is 5.81. The third kappa shape index (κ3) is 2.70. The molecule has 1 aliphatic heterocycles. The van der Waals surface area contributed by atoms with E-state index in [9.17, 15) is 0 Å². The van der Waals surface area contributed by atoms with Crippen LogP contribution in [-0.2, 0) is 12.8 Å². The van der Waals surface area contributed by atoms with Crippen molar-refractivity contribution < 1.29 is 0 Å². The van der Waals surface area contributed by atoms with Gasteiger partial charge in [0.2, 0.25) is 0 Å². The second-order valence-corrected chi connectivity index (χ2v) is 6.97. The highest BCUT2D eigenvalue weighted by atomic mass is 15.3. The summed E-state index contributed by atoms with van der Waals surface area (Å²) < 4.78 is 0. The molecular formula is C19H30N2. The molecule has 116 valence electrons. The number of nitrogens with zero attached hydrogens (tertiary/aromatic N) is 1. The molecule has 0 amide bonds. The summed E-state index contributed by atoms with van der Waals surface area (Å²) in [4.78, 5) is 2.69. The van der Waals surface area contributed by atoms with E-state index < -0.39 is 0 Å². The molecule has 1 saturated heterocycles. The summed E-state index contributed by atoms with van der Waals surface area (Å²) in [7, 11) is 0. The van der Waals surface area contributed by atoms with Gasteiger partial charge in [0.1, 0.15) is 0 Å². The van der Waals surface area contributed by atoms with Crippen molar-refractivity contribution in [3.05, 3.63) is 29.3 Å².